The molecule has 6 heteroatoms. The SMILES string of the molecule is CCCN(CC)CCNC(=O)C1CCCC(N)C1.Cl.Cl. The van der Waals surface area contributed by atoms with E-state index in [2.05, 4.69) is 24.1 Å². The van der Waals surface area contributed by atoms with Gasteiger partial charge in [-0.2, -0.15) is 0 Å². The van der Waals surface area contributed by atoms with Crippen LogP contribution in [0, 0.1) is 5.92 Å². The highest BCUT2D eigenvalue weighted by Gasteiger charge is 2.24. The summed E-state index contributed by atoms with van der Waals surface area (Å²) in [4.78, 5) is 14.4. The smallest absolute Gasteiger partial charge is 0.223 e. The number of nitrogens with zero attached hydrogens (tertiary/aromatic N) is 1. The number of nitrogens with one attached hydrogen (secondary N) is 1. The highest BCUT2D eigenvalue weighted by atomic mass is 35.5. The van der Waals surface area contributed by atoms with Gasteiger partial charge in [0.15, 0.2) is 0 Å². The van der Waals surface area contributed by atoms with E-state index in [1.54, 1.807) is 0 Å². The Morgan fingerprint density at radius 3 is 2.50 bits per heavy atom. The molecular weight excluding hydrogens is 297 g/mol. The summed E-state index contributed by atoms with van der Waals surface area (Å²) in [6.07, 6.45) is 5.20. The summed E-state index contributed by atoms with van der Waals surface area (Å²) < 4.78 is 0. The van der Waals surface area contributed by atoms with Crippen molar-refractivity contribution in [1.82, 2.24) is 10.2 Å². The van der Waals surface area contributed by atoms with Crippen molar-refractivity contribution in [1.29, 1.82) is 0 Å². The number of amides is 1. The first-order valence-electron chi connectivity index (χ1n) is 7.43. The minimum atomic E-state index is 0. The number of halogens is 2. The molecule has 0 heterocycles. The second kappa shape index (κ2) is 12.7. The summed E-state index contributed by atoms with van der Waals surface area (Å²) in [6, 6.07) is 0.224. The average Bonchev–Trinajstić information content (AvgIpc) is 2.37. The van der Waals surface area contributed by atoms with E-state index in [0.29, 0.717) is 0 Å². The molecule has 0 aromatic rings. The largest absolute Gasteiger partial charge is 0.355 e. The molecule has 0 bridgehead atoms. The zero-order chi connectivity index (χ0) is 13.4. The first-order chi connectivity index (χ1) is 8.67. The molecule has 1 fully saturated rings. The molecule has 0 aromatic heterocycles. The van der Waals surface area contributed by atoms with Gasteiger partial charge in [-0.1, -0.05) is 20.3 Å². The Hall–Kier alpha value is -0.0300. The lowest BCUT2D eigenvalue weighted by molar-refractivity contribution is -0.126. The van der Waals surface area contributed by atoms with Crippen molar-refractivity contribution in [2.45, 2.75) is 52.0 Å². The quantitative estimate of drug-likeness (QED) is 0.753. The predicted molar refractivity (Wildman–Crippen MR) is 89.8 cm³/mol. The van der Waals surface area contributed by atoms with Crippen LogP contribution < -0.4 is 11.1 Å². The van der Waals surface area contributed by atoms with Crippen molar-refractivity contribution in [3.8, 4) is 0 Å². The lowest BCUT2D eigenvalue weighted by atomic mass is 9.85. The van der Waals surface area contributed by atoms with Crippen LogP contribution in [0.4, 0.5) is 0 Å². The van der Waals surface area contributed by atoms with Crippen molar-refractivity contribution >= 4 is 30.7 Å². The lowest BCUT2D eigenvalue weighted by Gasteiger charge is -2.26. The zero-order valence-electron chi connectivity index (χ0n) is 12.8. The molecule has 0 aromatic carbocycles. The van der Waals surface area contributed by atoms with E-state index in [9.17, 15) is 4.79 Å². The number of hydrogen-bond acceptors (Lipinski definition) is 3. The standard InChI is InChI=1S/C14H29N3O.2ClH/c1-3-9-17(4-2)10-8-16-14(18)12-6-5-7-13(15)11-12;;/h12-13H,3-11,15H2,1-2H3,(H,16,18);2*1H. The van der Waals surface area contributed by atoms with Crippen LogP contribution in [-0.2, 0) is 4.79 Å². The fourth-order valence-corrected chi connectivity index (χ4v) is 2.69. The Labute approximate surface area is 136 Å². The predicted octanol–water partition coefficient (Wildman–Crippen LogP) is 2.20. The van der Waals surface area contributed by atoms with Crippen LogP contribution in [0.25, 0.3) is 0 Å². The van der Waals surface area contributed by atoms with Crippen LogP contribution in [0.1, 0.15) is 46.0 Å². The average molecular weight is 328 g/mol. The normalized spacial score (nSPS) is 21.8. The summed E-state index contributed by atoms with van der Waals surface area (Å²) in [5, 5.41) is 3.06. The van der Waals surface area contributed by atoms with Gasteiger partial charge in [-0.05, 0) is 38.8 Å². The van der Waals surface area contributed by atoms with E-state index in [1.807, 2.05) is 0 Å². The highest BCUT2D eigenvalue weighted by molar-refractivity contribution is 5.85. The van der Waals surface area contributed by atoms with Crippen LogP contribution in [0.5, 0.6) is 0 Å². The molecule has 122 valence electrons. The van der Waals surface area contributed by atoms with Crippen molar-refractivity contribution in [2.75, 3.05) is 26.2 Å². The second-order valence-corrected chi connectivity index (χ2v) is 5.35. The van der Waals surface area contributed by atoms with E-state index in [0.717, 1.165) is 51.9 Å². The van der Waals surface area contributed by atoms with Crippen molar-refractivity contribution in [2.24, 2.45) is 11.7 Å². The monoisotopic (exact) mass is 327 g/mol. The highest BCUT2D eigenvalue weighted by Crippen LogP contribution is 2.22. The maximum atomic E-state index is 12.0. The van der Waals surface area contributed by atoms with Gasteiger partial charge in [-0.3, -0.25) is 4.79 Å². The Bertz CT molecular complexity index is 255. The van der Waals surface area contributed by atoms with E-state index in [-0.39, 0.29) is 42.7 Å². The molecule has 0 spiro atoms. The number of hydrogen-bond donors (Lipinski definition) is 2. The molecule has 2 atom stereocenters. The van der Waals surface area contributed by atoms with Crippen molar-refractivity contribution in [3.05, 3.63) is 0 Å². The maximum absolute atomic E-state index is 12.0. The van der Waals surface area contributed by atoms with E-state index in [1.165, 1.54) is 6.42 Å². The van der Waals surface area contributed by atoms with Gasteiger partial charge in [0, 0.05) is 25.0 Å². The summed E-state index contributed by atoms with van der Waals surface area (Å²) in [6.45, 7) is 8.23. The van der Waals surface area contributed by atoms with Crippen LogP contribution in [0.3, 0.4) is 0 Å². The first kappa shape index (κ1) is 22.3. The van der Waals surface area contributed by atoms with Crippen LogP contribution in [-0.4, -0.2) is 43.0 Å². The fraction of sp³-hybridized carbons (Fsp3) is 0.929. The third-order valence-electron chi connectivity index (χ3n) is 3.80. The van der Waals surface area contributed by atoms with Gasteiger partial charge in [0.2, 0.25) is 5.91 Å². The lowest BCUT2D eigenvalue weighted by Crippen LogP contribution is -2.41. The van der Waals surface area contributed by atoms with Gasteiger partial charge in [-0.25, -0.2) is 0 Å². The Morgan fingerprint density at radius 2 is 1.95 bits per heavy atom. The minimum absolute atomic E-state index is 0. The molecule has 0 saturated heterocycles. The van der Waals surface area contributed by atoms with Crippen molar-refractivity contribution in [3.63, 3.8) is 0 Å². The van der Waals surface area contributed by atoms with Gasteiger partial charge >= 0.3 is 0 Å². The van der Waals surface area contributed by atoms with Gasteiger partial charge in [0.1, 0.15) is 0 Å². The Kier molecular flexibility index (Phi) is 14.1. The molecule has 1 amide bonds. The van der Waals surface area contributed by atoms with Crippen LogP contribution in [0.15, 0.2) is 0 Å². The third-order valence-corrected chi connectivity index (χ3v) is 3.80. The number of carbonyl (C=O) groups excluding carboxylic acids is 1. The second-order valence-electron chi connectivity index (χ2n) is 5.35. The molecule has 1 saturated carbocycles. The summed E-state index contributed by atoms with van der Waals surface area (Å²) >= 11 is 0. The molecule has 0 aliphatic heterocycles. The molecule has 1 rings (SSSR count). The number of carbonyl (C=O) groups is 1. The van der Waals surface area contributed by atoms with E-state index in [4.69, 9.17) is 5.73 Å². The molecule has 1 aliphatic rings. The number of likely N-dealkylation sites (N-methyl/N-ethyl adjacent to an activating group) is 1. The van der Waals surface area contributed by atoms with Crippen molar-refractivity contribution < 1.29 is 4.79 Å². The molecule has 20 heavy (non-hydrogen) atoms. The minimum Gasteiger partial charge on any atom is -0.355 e. The van der Waals surface area contributed by atoms with E-state index < -0.39 is 0 Å². The summed E-state index contributed by atoms with van der Waals surface area (Å²) in [7, 11) is 0. The number of nitrogens with two attached hydrogens (primary N) is 1. The Morgan fingerprint density at radius 1 is 1.25 bits per heavy atom. The third kappa shape index (κ3) is 8.30. The molecule has 3 N–H and O–H groups in total. The zero-order valence-corrected chi connectivity index (χ0v) is 14.4. The Balaban J connectivity index is 0. The number of rotatable bonds is 7. The molecular formula is C14H31Cl2N3O. The van der Waals surface area contributed by atoms with E-state index >= 15 is 0 Å². The van der Waals surface area contributed by atoms with Gasteiger partial charge in [-0.15, -0.1) is 24.8 Å². The van der Waals surface area contributed by atoms with Gasteiger partial charge in [0.05, 0.1) is 0 Å². The van der Waals surface area contributed by atoms with Gasteiger partial charge in [0.25, 0.3) is 0 Å². The van der Waals surface area contributed by atoms with Crippen LogP contribution in [0.2, 0.25) is 0 Å². The first-order valence-corrected chi connectivity index (χ1v) is 7.43. The molecule has 0 radical (unpaired) electrons. The van der Waals surface area contributed by atoms with Gasteiger partial charge < -0.3 is 16.0 Å². The topological polar surface area (TPSA) is 58.4 Å². The molecule has 2 unspecified atom stereocenters. The maximum Gasteiger partial charge on any atom is 0.223 e. The summed E-state index contributed by atoms with van der Waals surface area (Å²) in [5.41, 5.74) is 5.91. The molecule has 1 aliphatic carbocycles. The fourth-order valence-electron chi connectivity index (χ4n) is 2.69. The summed E-state index contributed by atoms with van der Waals surface area (Å²) in [5.74, 6) is 0.354. The molecule has 4 nitrogen and oxygen atoms in total. The van der Waals surface area contributed by atoms with Crippen LogP contribution >= 0.6 is 24.8 Å².